The van der Waals surface area contributed by atoms with Gasteiger partial charge in [0.05, 0.1) is 0 Å². The SMILES string of the molecule is O=C(OC1(C23CC(C2)C3)CNC1)C(F)(F)F. The van der Waals surface area contributed by atoms with Crippen molar-refractivity contribution in [3.63, 3.8) is 0 Å². The Morgan fingerprint density at radius 2 is 1.81 bits per heavy atom. The van der Waals surface area contributed by atoms with Gasteiger partial charge in [-0.1, -0.05) is 0 Å². The monoisotopic (exact) mass is 235 g/mol. The molecule has 1 heterocycles. The van der Waals surface area contributed by atoms with Crippen LogP contribution in [0.5, 0.6) is 0 Å². The maximum absolute atomic E-state index is 12.2. The molecule has 0 atom stereocenters. The van der Waals surface area contributed by atoms with Gasteiger partial charge in [-0.2, -0.15) is 13.2 Å². The second-order valence-electron chi connectivity index (χ2n) is 5.24. The van der Waals surface area contributed by atoms with Crippen LogP contribution in [-0.2, 0) is 9.53 Å². The van der Waals surface area contributed by atoms with E-state index < -0.39 is 17.7 Å². The lowest BCUT2D eigenvalue weighted by atomic mass is 9.38. The molecule has 3 saturated carbocycles. The average molecular weight is 235 g/mol. The zero-order chi connectivity index (χ0) is 11.6. The third-order valence-electron chi connectivity index (χ3n) is 4.35. The Bertz CT molecular complexity index is 331. The fraction of sp³-hybridized carbons (Fsp3) is 0.900. The second-order valence-corrected chi connectivity index (χ2v) is 5.24. The van der Waals surface area contributed by atoms with Gasteiger partial charge in [0.2, 0.25) is 0 Å². The maximum Gasteiger partial charge on any atom is 0.490 e. The highest BCUT2D eigenvalue weighted by atomic mass is 19.4. The van der Waals surface area contributed by atoms with E-state index in [0.717, 1.165) is 19.3 Å². The lowest BCUT2D eigenvalue weighted by molar-refractivity contribution is -0.284. The van der Waals surface area contributed by atoms with Gasteiger partial charge in [-0.3, -0.25) is 0 Å². The first-order chi connectivity index (χ1) is 7.37. The van der Waals surface area contributed by atoms with Gasteiger partial charge in [-0.25, -0.2) is 4.79 Å². The number of rotatable bonds is 2. The van der Waals surface area contributed by atoms with Crippen molar-refractivity contribution in [2.75, 3.05) is 13.1 Å². The molecular formula is C10H12F3NO2. The summed E-state index contributed by atoms with van der Waals surface area (Å²) in [7, 11) is 0. The fourth-order valence-corrected chi connectivity index (χ4v) is 3.18. The molecule has 4 fully saturated rings. The lowest BCUT2D eigenvalue weighted by Gasteiger charge is -2.71. The summed E-state index contributed by atoms with van der Waals surface area (Å²) in [5.74, 6) is -1.39. The third kappa shape index (κ3) is 1.11. The molecule has 16 heavy (non-hydrogen) atoms. The first-order valence-electron chi connectivity index (χ1n) is 5.38. The highest BCUT2D eigenvalue weighted by Crippen LogP contribution is 2.70. The van der Waals surface area contributed by atoms with Crippen LogP contribution < -0.4 is 5.32 Å². The second kappa shape index (κ2) is 2.72. The molecule has 0 amide bonds. The van der Waals surface area contributed by atoms with E-state index in [4.69, 9.17) is 4.74 Å². The van der Waals surface area contributed by atoms with Crippen LogP contribution in [0.25, 0.3) is 0 Å². The Balaban J connectivity index is 1.74. The molecule has 90 valence electrons. The van der Waals surface area contributed by atoms with Crippen LogP contribution in [0.3, 0.4) is 0 Å². The van der Waals surface area contributed by atoms with E-state index in [-0.39, 0.29) is 5.41 Å². The topological polar surface area (TPSA) is 38.3 Å². The number of carbonyl (C=O) groups is 1. The van der Waals surface area contributed by atoms with Crippen molar-refractivity contribution in [2.24, 2.45) is 11.3 Å². The minimum atomic E-state index is -4.88. The quantitative estimate of drug-likeness (QED) is 0.732. The number of nitrogens with one attached hydrogen (secondary N) is 1. The summed E-state index contributed by atoms with van der Waals surface area (Å²) in [4.78, 5) is 10.9. The van der Waals surface area contributed by atoms with Crippen LogP contribution in [-0.4, -0.2) is 30.8 Å². The summed E-state index contributed by atoms with van der Waals surface area (Å²) in [6.07, 6.45) is -2.13. The summed E-state index contributed by atoms with van der Waals surface area (Å²) in [5, 5.41) is 2.91. The smallest absolute Gasteiger partial charge is 0.449 e. The van der Waals surface area contributed by atoms with E-state index in [0.29, 0.717) is 19.0 Å². The minimum absolute atomic E-state index is 0.149. The van der Waals surface area contributed by atoms with Crippen molar-refractivity contribution < 1.29 is 22.7 Å². The standard InChI is InChI=1S/C10H12F3NO2/c11-10(12,13)7(15)16-9(4-14-5-9)8-1-6(2-8)3-8/h6,14H,1-5H2. The number of halogens is 3. The van der Waals surface area contributed by atoms with Gasteiger partial charge >= 0.3 is 12.1 Å². The molecule has 0 unspecified atom stereocenters. The van der Waals surface area contributed by atoms with Crippen LogP contribution in [0.1, 0.15) is 19.3 Å². The van der Waals surface area contributed by atoms with Gasteiger partial charge in [0.25, 0.3) is 0 Å². The molecule has 4 aliphatic rings. The Morgan fingerprint density at radius 3 is 2.06 bits per heavy atom. The molecule has 0 radical (unpaired) electrons. The van der Waals surface area contributed by atoms with E-state index in [9.17, 15) is 18.0 Å². The Labute approximate surface area is 90.3 Å². The summed E-state index contributed by atoms with van der Waals surface area (Å²) in [5.41, 5.74) is -1.03. The average Bonchev–Trinajstić information content (AvgIpc) is 1.91. The van der Waals surface area contributed by atoms with Crippen LogP contribution in [0.15, 0.2) is 0 Å². The Kier molecular flexibility index (Phi) is 1.77. The van der Waals surface area contributed by atoms with Gasteiger partial charge in [0, 0.05) is 18.5 Å². The van der Waals surface area contributed by atoms with Crippen molar-refractivity contribution in [2.45, 2.75) is 31.0 Å². The van der Waals surface area contributed by atoms with E-state index in [1.54, 1.807) is 0 Å². The van der Waals surface area contributed by atoms with E-state index in [2.05, 4.69) is 5.32 Å². The van der Waals surface area contributed by atoms with Crippen LogP contribution >= 0.6 is 0 Å². The maximum atomic E-state index is 12.2. The van der Waals surface area contributed by atoms with Gasteiger partial charge in [0.1, 0.15) is 5.60 Å². The number of carbonyl (C=O) groups excluding carboxylic acids is 1. The summed E-state index contributed by atoms with van der Waals surface area (Å²) in [6.45, 7) is 0.725. The molecule has 0 spiro atoms. The van der Waals surface area contributed by atoms with E-state index in [1.807, 2.05) is 0 Å². The van der Waals surface area contributed by atoms with Crippen molar-refractivity contribution in [3.05, 3.63) is 0 Å². The summed E-state index contributed by atoms with van der Waals surface area (Å²) >= 11 is 0. The van der Waals surface area contributed by atoms with Gasteiger partial charge in [-0.05, 0) is 25.2 Å². The van der Waals surface area contributed by atoms with Gasteiger partial charge in [0.15, 0.2) is 0 Å². The highest BCUT2D eigenvalue weighted by molar-refractivity contribution is 5.76. The van der Waals surface area contributed by atoms with Gasteiger partial charge < -0.3 is 10.1 Å². The van der Waals surface area contributed by atoms with Crippen molar-refractivity contribution in [3.8, 4) is 0 Å². The largest absolute Gasteiger partial charge is 0.490 e. The van der Waals surface area contributed by atoms with Gasteiger partial charge in [-0.15, -0.1) is 0 Å². The molecule has 3 aliphatic carbocycles. The molecule has 1 aliphatic heterocycles. The number of hydrogen-bond donors (Lipinski definition) is 1. The summed E-state index contributed by atoms with van der Waals surface area (Å²) in [6, 6.07) is 0. The number of ether oxygens (including phenoxy) is 1. The lowest BCUT2D eigenvalue weighted by Crippen LogP contribution is -2.78. The van der Waals surface area contributed by atoms with E-state index >= 15 is 0 Å². The number of alkyl halides is 3. The molecule has 4 rings (SSSR count). The van der Waals surface area contributed by atoms with Crippen LogP contribution in [0.2, 0.25) is 0 Å². The zero-order valence-electron chi connectivity index (χ0n) is 8.56. The molecule has 3 nitrogen and oxygen atoms in total. The number of esters is 1. The fourth-order valence-electron chi connectivity index (χ4n) is 3.18. The zero-order valence-corrected chi connectivity index (χ0v) is 8.56. The molecule has 2 bridgehead atoms. The number of hydrogen-bond acceptors (Lipinski definition) is 3. The Morgan fingerprint density at radius 1 is 1.25 bits per heavy atom. The molecule has 1 N–H and O–H groups in total. The molecule has 6 heteroatoms. The predicted molar refractivity (Wildman–Crippen MR) is 47.5 cm³/mol. The highest BCUT2D eigenvalue weighted by Gasteiger charge is 2.71. The van der Waals surface area contributed by atoms with Crippen LogP contribution in [0, 0.1) is 11.3 Å². The molecular weight excluding hydrogens is 223 g/mol. The van der Waals surface area contributed by atoms with Crippen molar-refractivity contribution >= 4 is 5.97 Å². The molecule has 0 aromatic rings. The predicted octanol–water partition coefficient (Wildman–Crippen LogP) is 1.23. The first-order valence-corrected chi connectivity index (χ1v) is 5.38. The first kappa shape index (κ1) is 10.4. The van der Waals surface area contributed by atoms with E-state index in [1.165, 1.54) is 0 Å². The molecule has 1 saturated heterocycles. The normalized spacial score (nSPS) is 39.1. The Hall–Kier alpha value is -0.780. The minimum Gasteiger partial charge on any atom is -0.449 e. The van der Waals surface area contributed by atoms with Crippen LogP contribution in [0.4, 0.5) is 13.2 Å². The third-order valence-corrected chi connectivity index (χ3v) is 4.35. The summed E-state index contributed by atoms with van der Waals surface area (Å²) < 4.78 is 41.3. The molecule has 0 aromatic carbocycles. The van der Waals surface area contributed by atoms with Crippen molar-refractivity contribution in [1.82, 2.24) is 5.32 Å². The molecule has 0 aromatic heterocycles. The van der Waals surface area contributed by atoms with Crippen molar-refractivity contribution in [1.29, 1.82) is 0 Å².